The van der Waals surface area contributed by atoms with E-state index in [0.29, 0.717) is 15.7 Å². The molecular weight excluding hydrogens is 443 g/mol. The van der Waals surface area contributed by atoms with Gasteiger partial charge >= 0.3 is 0 Å². The van der Waals surface area contributed by atoms with Crippen molar-refractivity contribution in [2.24, 2.45) is 7.05 Å². The third-order valence-corrected chi connectivity index (χ3v) is 7.76. The second kappa shape index (κ2) is 8.23. The van der Waals surface area contributed by atoms with E-state index in [2.05, 4.69) is 15.0 Å². The highest BCUT2D eigenvalue weighted by Crippen LogP contribution is 2.43. The number of nitrogens with zero attached hydrogens (tertiary/aromatic N) is 2. The van der Waals surface area contributed by atoms with E-state index in [-0.39, 0.29) is 17.0 Å². The van der Waals surface area contributed by atoms with Crippen LogP contribution in [-0.2, 0) is 17.1 Å². The molecule has 4 rings (SSSR count). The molecule has 2 atom stereocenters. The summed E-state index contributed by atoms with van der Waals surface area (Å²) < 4.78 is 29.6. The number of hydrogen-bond donors (Lipinski definition) is 2. The zero-order valence-electron chi connectivity index (χ0n) is 16.6. The molecule has 0 amide bonds. The Morgan fingerprint density at radius 1 is 1.07 bits per heavy atom. The van der Waals surface area contributed by atoms with Gasteiger partial charge in [0, 0.05) is 24.7 Å². The predicted octanol–water partition coefficient (Wildman–Crippen LogP) is 4.71. The lowest BCUT2D eigenvalue weighted by Gasteiger charge is -2.32. The Labute approximate surface area is 186 Å². The second-order valence-electron chi connectivity index (χ2n) is 7.44. The van der Waals surface area contributed by atoms with Gasteiger partial charge in [-0.05, 0) is 60.8 Å². The average molecular weight is 465 g/mol. The van der Waals surface area contributed by atoms with Gasteiger partial charge in [-0.2, -0.15) is 8.42 Å². The first-order valence-electron chi connectivity index (χ1n) is 9.55. The molecule has 1 aromatic heterocycles. The summed E-state index contributed by atoms with van der Waals surface area (Å²) in [6.45, 7) is 0. The average Bonchev–Trinajstić information content (AvgIpc) is 3.16. The highest BCUT2D eigenvalue weighted by Gasteiger charge is 2.29. The number of anilines is 1. The lowest BCUT2D eigenvalue weighted by Crippen LogP contribution is -2.25. The van der Waals surface area contributed by atoms with Crippen LogP contribution in [0.15, 0.2) is 53.9 Å². The number of fused-ring (bicyclic) bond motifs is 1. The Morgan fingerprint density at radius 3 is 2.53 bits per heavy atom. The summed E-state index contributed by atoms with van der Waals surface area (Å²) in [7, 11) is -0.166. The van der Waals surface area contributed by atoms with E-state index in [0.717, 1.165) is 29.5 Å². The molecule has 1 aliphatic carbocycles. The molecule has 1 aliphatic rings. The zero-order valence-corrected chi connectivity index (χ0v) is 18.9. The van der Waals surface area contributed by atoms with Gasteiger partial charge in [-0.15, -0.1) is 0 Å². The molecule has 0 saturated carbocycles. The van der Waals surface area contributed by atoms with Crippen LogP contribution >= 0.6 is 23.2 Å². The van der Waals surface area contributed by atoms with Crippen molar-refractivity contribution in [2.45, 2.75) is 29.8 Å². The highest BCUT2D eigenvalue weighted by molar-refractivity contribution is 7.92. The number of nitrogens with one attached hydrogen (secondary N) is 2. The summed E-state index contributed by atoms with van der Waals surface area (Å²) in [6, 6.07) is 11.6. The predicted molar refractivity (Wildman–Crippen MR) is 120 cm³/mol. The summed E-state index contributed by atoms with van der Waals surface area (Å²) in [5, 5.41) is 4.52. The number of aryl methyl sites for hydroxylation is 1. The van der Waals surface area contributed by atoms with Crippen LogP contribution in [0.25, 0.3) is 0 Å². The molecule has 158 valence electrons. The van der Waals surface area contributed by atoms with E-state index >= 15 is 0 Å². The summed E-state index contributed by atoms with van der Waals surface area (Å²) in [4.78, 5) is 3.90. The number of benzene rings is 2. The molecule has 0 bridgehead atoms. The molecule has 0 aliphatic heterocycles. The van der Waals surface area contributed by atoms with Gasteiger partial charge < -0.3 is 9.88 Å². The molecule has 30 heavy (non-hydrogen) atoms. The monoisotopic (exact) mass is 464 g/mol. The van der Waals surface area contributed by atoms with Crippen molar-refractivity contribution >= 4 is 38.9 Å². The van der Waals surface area contributed by atoms with Crippen molar-refractivity contribution < 1.29 is 8.42 Å². The summed E-state index contributed by atoms with van der Waals surface area (Å²) in [6.07, 6.45) is 4.67. The molecule has 0 radical (unpaired) electrons. The normalized spacial score (nSPS) is 18.8. The molecule has 0 spiro atoms. The van der Waals surface area contributed by atoms with Gasteiger partial charge in [-0.3, -0.25) is 4.72 Å². The van der Waals surface area contributed by atoms with Crippen LogP contribution in [0, 0.1) is 0 Å². The lowest BCUT2D eigenvalue weighted by molar-refractivity contribution is 0.471. The number of sulfonamides is 1. The van der Waals surface area contributed by atoms with Crippen molar-refractivity contribution in [3.05, 3.63) is 75.7 Å². The molecule has 0 saturated heterocycles. The van der Waals surface area contributed by atoms with Gasteiger partial charge in [0.25, 0.3) is 10.0 Å². The highest BCUT2D eigenvalue weighted by atomic mass is 35.5. The van der Waals surface area contributed by atoms with Crippen LogP contribution in [0.1, 0.15) is 41.5 Å². The number of imidazole rings is 1. The van der Waals surface area contributed by atoms with Crippen LogP contribution < -0.4 is 10.0 Å². The maximum absolute atomic E-state index is 12.7. The van der Waals surface area contributed by atoms with Crippen molar-refractivity contribution in [3.63, 3.8) is 0 Å². The second-order valence-corrected chi connectivity index (χ2v) is 9.88. The minimum Gasteiger partial charge on any atom is -0.323 e. The Bertz CT molecular complexity index is 1190. The molecule has 3 aromatic rings. The van der Waals surface area contributed by atoms with E-state index in [1.165, 1.54) is 17.1 Å². The van der Waals surface area contributed by atoms with Gasteiger partial charge in [-0.25, -0.2) is 4.98 Å². The Balaban J connectivity index is 1.71. The molecule has 9 heteroatoms. The first-order chi connectivity index (χ1) is 14.3. The number of rotatable bonds is 5. The molecule has 6 nitrogen and oxygen atoms in total. The summed E-state index contributed by atoms with van der Waals surface area (Å²) >= 11 is 12.3. The van der Waals surface area contributed by atoms with Crippen LogP contribution in [0.2, 0.25) is 10.0 Å². The number of hydrogen-bond acceptors (Lipinski definition) is 4. The largest absolute Gasteiger partial charge is 0.323 e. The van der Waals surface area contributed by atoms with E-state index in [1.807, 2.05) is 37.4 Å². The fourth-order valence-electron chi connectivity index (χ4n) is 4.09. The standard InChI is InChI=1S/C21H22Cl2N4O2S/c1-24-20-8-6-15(13-3-7-18(22)19(23)9-13)16-5-4-14(10-17(16)20)26-30(28,29)21-11-25-12-27(21)2/h3-5,7,9-12,15,20,24,26H,6,8H2,1-2H3/t15-,20-/m0/s1. The van der Waals surface area contributed by atoms with Crippen molar-refractivity contribution in [1.29, 1.82) is 0 Å². The van der Waals surface area contributed by atoms with Gasteiger partial charge in [0.1, 0.15) is 0 Å². The summed E-state index contributed by atoms with van der Waals surface area (Å²) in [5.41, 5.74) is 3.85. The molecule has 1 heterocycles. The molecular formula is C21H22Cl2N4O2S. The fourth-order valence-corrected chi connectivity index (χ4v) is 5.56. The smallest absolute Gasteiger partial charge is 0.279 e. The number of halogens is 2. The molecule has 2 N–H and O–H groups in total. The Kier molecular flexibility index (Phi) is 5.81. The van der Waals surface area contributed by atoms with Gasteiger partial charge in [0.15, 0.2) is 5.03 Å². The lowest BCUT2D eigenvalue weighted by atomic mass is 9.76. The summed E-state index contributed by atoms with van der Waals surface area (Å²) in [5.74, 6) is 0.169. The quantitative estimate of drug-likeness (QED) is 0.572. The number of aromatic nitrogens is 2. The maximum atomic E-state index is 12.7. The Morgan fingerprint density at radius 2 is 1.87 bits per heavy atom. The molecule has 0 unspecified atom stereocenters. The van der Waals surface area contributed by atoms with E-state index in [1.54, 1.807) is 13.1 Å². The first kappa shape index (κ1) is 21.2. The van der Waals surface area contributed by atoms with Crippen molar-refractivity contribution in [1.82, 2.24) is 14.9 Å². The first-order valence-corrected chi connectivity index (χ1v) is 11.8. The van der Waals surface area contributed by atoms with Crippen LogP contribution in [0.3, 0.4) is 0 Å². The van der Waals surface area contributed by atoms with Crippen LogP contribution in [0.5, 0.6) is 0 Å². The van der Waals surface area contributed by atoms with Crippen molar-refractivity contribution in [2.75, 3.05) is 11.8 Å². The van der Waals surface area contributed by atoms with Gasteiger partial charge in [0.2, 0.25) is 0 Å². The SMILES string of the molecule is CN[C@H]1CC[C@@H](c2ccc(Cl)c(Cl)c2)c2ccc(NS(=O)(=O)c3cncn3C)cc21. The molecule has 2 aromatic carbocycles. The zero-order chi connectivity index (χ0) is 21.5. The molecule has 0 fully saturated rings. The Hall–Kier alpha value is -2.06. The topological polar surface area (TPSA) is 76.0 Å². The van der Waals surface area contributed by atoms with E-state index < -0.39 is 10.0 Å². The maximum Gasteiger partial charge on any atom is 0.279 e. The minimum absolute atomic E-state index is 0.110. The minimum atomic E-state index is -3.73. The van der Waals surface area contributed by atoms with Crippen LogP contribution in [-0.4, -0.2) is 25.0 Å². The van der Waals surface area contributed by atoms with Gasteiger partial charge in [-0.1, -0.05) is 35.3 Å². The van der Waals surface area contributed by atoms with Crippen molar-refractivity contribution in [3.8, 4) is 0 Å². The van der Waals surface area contributed by atoms with Gasteiger partial charge in [0.05, 0.1) is 22.6 Å². The van der Waals surface area contributed by atoms with E-state index in [4.69, 9.17) is 23.2 Å². The van der Waals surface area contributed by atoms with Crippen LogP contribution in [0.4, 0.5) is 5.69 Å². The third-order valence-electron chi connectivity index (χ3n) is 5.58. The fraction of sp³-hybridized carbons (Fsp3) is 0.286. The van der Waals surface area contributed by atoms with E-state index in [9.17, 15) is 8.42 Å². The third kappa shape index (κ3) is 3.95.